The third kappa shape index (κ3) is 4.74. The number of amidine groups is 1. The molecule has 0 saturated carbocycles. The Kier molecular flexibility index (Phi) is 5.61. The minimum Gasteiger partial charge on any atom is -0.384 e. The number of carbonyl (C=O) groups is 1. The monoisotopic (exact) mass is 309 g/mol. The van der Waals surface area contributed by atoms with Crippen molar-refractivity contribution in [1.82, 2.24) is 4.90 Å². The molecule has 0 atom stereocenters. The topological polar surface area (TPSA) is 67.9 Å². The van der Waals surface area contributed by atoms with Crippen molar-refractivity contribution in [2.75, 3.05) is 13.2 Å². The molecule has 5 nitrogen and oxygen atoms in total. The van der Waals surface area contributed by atoms with E-state index >= 15 is 0 Å². The van der Waals surface area contributed by atoms with Crippen LogP contribution in [0.4, 0.5) is 0 Å². The lowest BCUT2D eigenvalue weighted by Crippen LogP contribution is -2.37. The molecule has 0 saturated heterocycles. The molecule has 0 fully saturated rings. The molecular formula is C15H23N3O2S. The van der Waals surface area contributed by atoms with Crippen LogP contribution in [0.15, 0.2) is 16.6 Å². The molecule has 1 amide bonds. The normalized spacial score (nSPS) is 15.2. The molecule has 2 rings (SSSR count). The van der Waals surface area contributed by atoms with Crippen molar-refractivity contribution in [3.63, 3.8) is 0 Å². The van der Waals surface area contributed by atoms with E-state index in [1.54, 1.807) is 11.3 Å². The Labute approximate surface area is 129 Å². The van der Waals surface area contributed by atoms with Gasteiger partial charge in [0.2, 0.25) is 0 Å². The second-order valence-corrected chi connectivity index (χ2v) is 6.72. The van der Waals surface area contributed by atoms with E-state index in [4.69, 9.17) is 10.6 Å². The van der Waals surface area contributed by atoms with E-state index in [0.29, 0.717) is 24.7 Å². The zero-order valence-corrected chi connectivity index (χ0v) is 13.5. The Balaban J connectivity index is 1.74. The molecule has 21 heavy (non-hydrogen) atoms. The molecule has 1 aromatic rings. The Hall–Kier alpha value is -1.56. The van der Waals surface area contributed by atoms with Crippen LogP contribution in [-0.4, -0.2) is 29.8 Å². The summed E-state index contributed by atoms with van der Waals surface area (Å²) in [5, 5.41) is 5.89. The van der Waals surface area contributed by atoms with Gasteiger partial charge in [-0.25, -0.2) is 0 Å². The van der Waals surface area contributed by atoms with Crippen LogP contribution in [0, 0.1) is 5.92 Å². The first kappa shape index (κ1) is 15.8. The molecule has 2 heterocycles. The summed E-state index contributed by atoms with van der Waals surface area (Å²) in [4.78, 5) is 20.4. The van der Waals surface area contributed by atoms with Gasteiger partial charge in [-0.1, -0.05) is 19.0 Å². The first-order valence-corrected chi connectivity index (χ1v) is 8.21. The van der Waals surface area contributed by atoms with Gasteiger partial charge in [-0.15, -0.1) is 11.3 Å². The fourth-order valence-electron chi connectivity index (χ4n) is 2.21. The number of nitrogens with two attached hydrogens (primary N) is 1. The summed E-state index contributed by atoms with van der Waals surface area (Å²) in [6, 6.07) is 2.09. The van der Waals surface area contributed by atoms with Crippen molar-refractivity contribution in [3.05, 3.63) is 21.9 Å². The third-order valence-electron chi connectivity index (χ3n) is 3.51. The van der Waals surface area contributed by atoms with Crippen molar-refractivity contribution < 1.29 is 9.63 Å². The van der Waals surface area contributed by atoms with E-state index in [1.807, 2.05) is 4.90 Å². The molecule has 116 valence electrons. The van der Waals surface area contributed by atoms with Crippen LogP contribution in [0.3, 0.4) is 0 Å². The lowest BCUT2D eigenvalue weighted by atomic mass is 10.1. The second kappa shape index (κ2) is 7.45. The number of hydrogen-bond acceptors (Lipinski definition) is 4. The molecule has 0 aliphatic carbocycles. The van der Waals surface area contributed by atoms with E-state index in [0.717, 1.165) is 19.4 Å². The van der Waals surface area contributed by atoms with Crippen molar-refractivity contribution in [2.24, 2.45) is 16.8 Å². The standard InChI is InChI=1S/C15H23N3O2S/c1-11(2)3-4-14(16)17-20-10-15(19)18-7-5-13-12(9-18)6-8-21-13/h6,8,11H,3-5,7,9-10H2,1-2H3,(H2,16,17). The number of nitrogens with zero attached hydrogens (tertiary/aromatic N) is 2. The maximum absolute atomic E-state index is 12.1. The number of carbonyl (C=O) groups excluding carboxylic acids is 1. The first-order valence-electron chi connectivity index (χ1n) is 7.33. The van der Waals surface area contributed by atoms with Crippen LogP contribution < -0.4 is 5.73 Å². The van der Waals surface area contributed by atoms with Crippen molar-refractivity contribution in [2.45, 2.75) is 39.7 Å². The summed E-state index contributed by atoms with van der Waals surface area (Å²) in [5.74, 6) is 0.996. The summed E-state index contributed by atoms with van der Waals surface area (Å²) in [6.45, 7) is 5.65. The van der Waals surface area contributed by atoms with Gasteiger partial charge >= 0.3 is 0 Å². The maximum atomic E-state index is 12.1. The van der Waals surface area contributed by atoms with Crippen LogP contribution >= 0.6 is 11.3 Å². The second-order valence-electron chi connectivity index (χ2n) is 5.72. The molecule has 0 radical (unpaired) electrons. The molecule has 0 spiro atoms. The quantitative estimate of drug-likeness (QED) is 0.498. The minimum atomic E-state index is -0.0398. The molecule has 2 N–H and O–H groups in total. The molecule has 6 heteroatoms. The molecular weight excluding hydrogens is 286 g/mol. The molecule has 0 bridgehead atoms. The minimum absolute atomic E-state index is 0.0349. The lowest BCUT2D eigenvalue weighted by molar-refractivity contribution is -0.137. The molecule has 1 aromatic heterocycles. The van der Waals surface area contributed by atoms with Crippen LogP contribution in [0.5, 0.6) is 0 Å². The zero-order chi connectivity index (χ0) is 15.2. The summed E-state index contributed by atoms with van der Waals surface area (Å²) < 4.78 is 0. The summed E-state index contributed by atoms with van der Waals surface area (Å²) >= 11 is 1.76. The van der Waals surface area contributed by atoms with E-state index in [2.05, 4.69) is 30.4 Å². The average Bonchev–Trinajstić information content (AvgIpc) is 2.92. The largest absolute Gasteiger partial charge is 0.384 e. The summed E-state index contributed by atoms with van der Waals surface area (Å²) in [5.41, 5.74) is 6.99. The van der Waals surface area contributed by atoms with Crippen LogP contribution in [-0.2, 0) is 22.6 Å². The van der Waals surface area contributed by atoms with E-state index < -0.39 is 0 Å². The van der Waals surface area contributed by atoms with E-state index in [9.17, 15) is 4.79 Å². The fourth-order valence-corrected chi connectivity index (χ4v) is 3.09. The predicted octanol–water partition coefficient (Wildman–Crippen LogP) is 2.36. The molecule has 1 aliphatic heterocycles. The van der Waals surface area contributed by atoms with Crippen molar-refractivity contribution >= 4 is 23.1 Å². The van der Waals surface area contributed by atoms with Gasteiger partial charge in [-0.3, -0.25) is 4.79 Å². The predicted molar refractivity (Wildman–Crippen MR) is 85.1 cm³/mol. The molecule has 0 unspecified atom stereocenters. The number of rotatable bonds is 6. The third-order valence-corrected chi connectivity index (χ3v) is 4.53. The van der Waals surface area contributed by atoms with Crippen LogP contribution in [0.1, 0.15) is 37.1 Å². The highest BCUT2D eigenvalue weighted by Crippen LogP contribution is 2.23. The first-order chi connectivity index (χ1) is 10.1. The molecule has 1 aliphatic rings. The smallest absolute Gasteiger partial charge is 0.263 e. The Morgan fingerprint density at radius 3 is 3.14 bits per heavy atom. The van der Waals surface area contributed by atoms with Gasteiger partial charge in [-0.2, -0.15) is 0 Å². The fraction of sp³-hybridized carbons (Fsp3) is 0.600. The summed E-state index contributed by atoms with van der Waals surface area (Å²) in [7, 11) is 0. The van der Waals surface area contributed by atoms with Gasteiger partial charge in [0.25, 0.3) is 5.91 Å². The number of thiophene rings is 1. The van der Waals surface area contributed by atoms with Gasteiger partial charge in [0.15, 0.2) is 6.61 Å². The van der Waals surface area contributed by atoms with Crippen LogP contribution in [0.25, 0.3) is 0 Å². The van der Waals surface area contributed by atoms with Gasteiger partial charge in [-0.05, 0) is 35.8 Å². The number of amides is 1. The Bertz CT molecular complexity index is 511. The maximum Gasteiger partial charge on any atom is 0.263 e. The molecule has 0 aromatic carbocycles. The summed E-state index contributed by atoms with van der Waals surface area (Å²) in [6.07, 6.45) is 2.60. The highest BCUT2D eigenvalue weighted by Gasteiger charge is 2.21. The highest BCUT2D eigenvalue weighted by atomic mass is 32.1. The Morgan fingerprint density at radius 1 is 1.57 bits per heavy atom. The number of hydrogen-bond donors (Lipinski definition) is 1. The van der Waals surface area contributed by atoms with Crippen LogP contribution in [0.2, 0.25) is 0 Å². The van der Waals surface area contributed by atoms with Gasteiger partial charge in [0.1, 0.15) is 5.84 Å². The Morgan fingerprint density at radius 2 is 2.38 bits per heavy atom. The average molecular weight is 309 g/mol. The van der Waals surface area contributed by atoms with Crippen molar-refractivity contribution in [3.8, 4) is 0 Å². The number of fused-ring (bicyclic) bond motifs is 1. The van der Waals surface area contributed by atoms with Gasteiger partial charge in [0, 0.05) is 24.4 Å². The highest BCUT2D eigenvalue weighted by molar-refractivity contribution is 7.10. The zero-order valence-electron chi connectivity index (χ0n) is 12.7. The van der Waals surface area contributed by atoms with E-state index in [-0.39, 0.29) is 12.5 Å². The van der Waals surface area contributed by atoms with Gasteiger partial charge < -0.3 is 15.5 Å². The van der Waals surface area contributed by atoms with E-state index in [1.165, 1.54) is 10.4 Å². The van der Waals surface area contributed by atoms with Crippen molar-refractivity contribution in [1.29, 1.82) is 0 Å². The van der Waals surface area contributed by atoms with Gasteiger partial charge in [0.05, 0.1) is 0 Å². The number of oxime groups is 1. The SMILES string of the molecule is CC(C)CC/C(N)=N/OCC(=O)N1CCc2sccc2C1. The lowest BCUT2D eigenvalue weighted by Gasteiger charge is -2.26.